The predicted octanol–water partition coefficient (Wildman–Crippen LogP) is 3.71. The molecule has 2 aromatic rings. The number of para-hydroxylation sites is 1. The number of ether oxygens (including phenoxy) is 1. The van der Waals surface area contributed by atoms with Crippen LogP contribution in [0.25, 0.3) is 0 Å². The largest absolute Gasteiger partial charge is 0.507 e. The van der Waals surface area contributed by atoms with Crippen LogP contribution < -0.4 is 4.74 Å². The van der Waals surface area contributed by atoms with Crippen LogP contribution in [0.2, 0.25) is 5.02 Å². The quantitative estimate of drug-likeness (QED) is 0.878. The van der Waals surface area contributed by atoms with E-state index in [2.05, 4.69) is 0 Å². The highest BCUT2D eigenvalue weighted by molar-refractivity contribution is 6.32. The Kier molecular flexibility index (Phi) is 3.17. The highest BCUT2D eigenvalue weighted by Crippen LogP contribution is 2.30. The molecule has 84 valence electrons. The molecule has 2 rings (SSSR count). The van der Waals surface area contributed by atoms with Crippen molar-refractivity contribution in [2.45, 2.75) is 0 Å². The Morgan fingerprint density at radius 3 is 2.65 bits per heavy atom. The summed E-state index contributed by atoms with van der Waals surface area (Å²) in [6.45, 7) is 0. The molecule has 0 aliphatic heterocycles. The van der Waals surface area contributed by atoms with Crippen molar-refractivity contribution in [2.75, 3.05) is 0 Å². The Balaban J connectivity index is 2.32. The molecule has 0 aromatic heterocycles. The number of benzene rings is 2. The minimum Gasteiger partial charge on any atom is -0.507 e. The van der Waals surface area contributed by atoms with Crippen molar-refractivity contribution < 1.29 is 9.84 Å². The van der Waals surface area contributed by atoms with E-state index in [1.165, 1.54) is 12.1 Å². The lowest BCUT2D eigenvalue weighted by molar-refractivity contribution is 0.463. The van der Waals surface area contributed by atoms with Gasteiger partial charge in [-0.05, 0) is 24.3 Å². The molecule has 0 aliphatic rings. The molecule has 0 fully saturated rings. The Bertz CT molecular complexity index is 590. The van der Waals surface area contributed by atoms with Crippen LogP contribution in [-0.2, 0) is 0 Å². The summed E-state index contributed by atoms with van der Waals surface area (Å²) in [5.74, 6) is 0.884. The van der Waals surface area contributed by atoms with E-state index in [9.17, 15) is 5.11 Å². The summed E-state index contributed by atoms with van der Waals surface area (Å²) < 4.78 is 5.51. The zero-order chi connectivity index (χ0) is 12.3. The summed E-state index contributed by atoms with van der Waals surface area (Å²) in [4.78, 5) is 0. The van der Waals surface area contributed by atoms with Gasteiger partial charge in [-0.1, -0.05) is 23.7 Å². The third kappa shape index (κ3) is 2.49. The van der Waals surface area contributed by atoms with E-state index in [1.54, 1.807) is 30.3 Å². The summed E-state index contributed by atoms with van der Waals surface area (Å²) in [5.41, 5.74) is 0.162. The van der Waals surface area contributed by atoms with Gasteiger partial charge in [0.1, 0.15) is 23.3 Å². The first-order valence-electron chi connectivity index (χ1n) is 4.86. The number of aromatic hydroxyl groups is 1. The van der Waals surface area contributed by atoms with Gasteiger partial charge in [-0.2, -0.15) is 5.26 Å². The number of phenols is 1. The van der Waals surface area contributed by atoms with Gasteiger partial charge < -0.3 is 9.84 Å². The van der Waals surface area contributed by atoms with Crippen molar-refractivity contribution in [1.29, 1.82) is 5.26 Å². The Hall–Kier alpha value is -2.18. The SMILES string of the molecule is N#Cc1cc(Oc2ccccc2Cl)ccc1O. The van der Waals surface area contributed by atoms with Crippen LogP contribution in [0.4, 0.5) is 0 Å². The van der Waals surface area contributed by atoms with Gasteiger partial charge in [0, 0.05) is 6.07 Å². The Morgan fingerprint density at radius 2 is 1.94 bits per heavy atom. The van der Waals surface area contributed by atoms with Gasteiger partial charge in [0.05, 0.1) is 10.6 Å². The molecule has 0 saturated heterocycles. The molecule has 0 unspecified atom stereocenters. The Labute approximate surface area is 103 Å². The second kappa shape index (κ2) is 4.77. The molecule has 0 spiro atoms. The van der Waals surface area contributed by atoms with Gasteiger partial charge in [-0.3, -0.25) is 0 Å². The van der Waals surface area contributed by atoms with Gasteiger partial charge in [-0.15, -0.1) is 0 Å². The maximum atomic E-state index is 9.35. The molecule has 0 aliphatic carbocycles. The average Bonchev–Trinajstić information content (AvgIpc) is 2.34. The monoisotopic (exact) mass is 245 g/mol. The summed E-state index contributed by atoms with van der Waals surface area (Å²) >= 11 is 5.94. The highest BCUT2D eigenvalue weighted by atomic mass is 35.5. The fraction of sp³-hybridized carbons (Fsp3) is 0. The van der Waals surface area contributed by atoms with Crippen molar-refractivity contribution >= 4 is 11.6 Å². The number of hydrogen-bond acceptors (Lipinski definition) is 3. The molecular formula is C13H8ClNO2. The van der Waals surface area contributed by atoms with Crippen LogP contribution in [0.1, 0.15) is 5.56 Å². The molecule has 0 radical (unpaired) electrons. The van der Waals surface area contributed by atoms with Gasteiger partial charge in [-0.25, -0.2) is 0 Å². The molecule has 0 saturated carbocycles. The number of nitrogens with zero attached hydrogens (tertiary/aromatic N) is 1. The summed E-state index contributed by atoms with van der Waals surface area (Å²) in [6, 6.07) is 13.3. The van der Waals surface area contributed by atoms with Crippen LogP contribution in [0.3, 0.4) is 0 Å². The second-order valence-electron chi connectivity index (χ2n) is 3.32. The lowest BCUT2D eigenvalue weighted by atomic mass is 10.2. The summed E-state index contributed by atoms with van der Waals surface area (Å²) in [7, 11) is 0. The third-order valence-corrected chi connectivity index (χ3v) is 2.47. The molecule has 1 N–H and O–H groups in total. The maximum Gasteiger partial charge on any atom is 0.146 e. The van der Waals surface area contributed by atoms with E-state index < -0.39 is 0 Å². The molecule has 2 aromatic carbocycles. The van der Waals surface area contributed by atoms with Crippen molar-refractivity contribution in [3.8, 4) is 23.3 Å². The topological polar surface area (TPSA) is 53.2 Å². The lowest BCUT2D eigenvalue weighted by Crippen LogP contribution is -1.86. The van der Waals surface area contributed by atoms with Crippen molar-refractivity contribution in [2.24, 2.45) is 0 Å². The molecule has 4 heteroatoms. The van der Waals surface area contributed by atoms with Crippen LogP contribution >= 0.6 is 11.6 Å². The van der Waals surface area contributed by atoms with Crippen LogP contribution in [0.5, 0.6) is 17.2 Å². The van der Waals surface area contributed by atoms with E-state index in [0.717, 1.165) is 0 Å². The van der Waals surface area contributed by atoms with E-state index in [1.807, 2.05) is 6.07 Å². The number of halogens is 1. The molecule has 0 heterocycles. The standard InChI is InChI=1S/C13H8ClNO2/c14-11-3-1-2-4-13(11)17-10-5-6-12(16)9(7-10)8-15/h1-7,16H. The van der Waals surface area contributed by atoms with E-state index in [4.69, 9.17) is 21.6 Å². The van der Waals surface area contributed by atoms with Crippen LogP contribution in [0.15, 0.2) is 42.5 Å². The van der Waals surface area contributed by atoms with Crippen LogP contribution in [-0.4, -0.2) is 5.11 Å². The minimum atomic E-state index is -0.0704. The van der Waals surface area contributed by atoms with Gasteiger partial charge in [0.15, 0.2) is 0 Å². The van der Waals surface area contributed by atoms with E-state index in [0.29, 0.717) is 16.5 Å². The summed E-state index contributed by atoms with van der Waals surface area (Å²) in [6.07, 6.45) is 0. The average molecular weight is 246 g/mol. The maximum absolute atomic E-state index is 9.35. The molecular weight excluding hydrogens is 238 g/mol. The zero-order valence-corrected chi connectivity index (χ0v) is 9.48. The Morgan fingerprint density at radius 1 is 1.18 bits per heavy atom. The van der Waals surface area contributed by atoms with Crippen molar-refractivity contribution in [3.63, 3.8) is 0 Å². The summed E-state index contributed by atoms with van der Waals surface area (Å²) in [5, 5.41) is 18.6. The normalized spacial score (nSPS) is 9.65. The van der Waals surface area contributed by atoms with Crippen molar-refractivity contribution in [1.82, 2.24) is 0 Å². The molecule has 17 heavy (non-hydrogen) atoms. The fourth-order valence-electron chi connectivity index (χ4n) is 1.32. The first kappa shape index (κ1) is 11.3. The molecule has 0 bridgehead atoms. The minimum absolute atomic E-state index is 0.0704. The first-order chi connectivity index (χ1) is 8.20. The van der Waals surface area contributed by atoms with Crippen LogP contribution in [0, 0.1) is 11.3 Å². The number of nitriles is 1. The van der Waals surface area contributed by atoms with Gasteiger partial charge in [0.2, 0.25) is 0 Å². The highest BCUT2D eigenvalue weighted by Gasteiger charge is 2.05. The zero-order valence-electron chi connectivity index (χ0n) is 8.72. The number of rotatable bonds is 2. The molecule has 0 amide bonds. The van der Waals surface area contributed by atoms with Crippen molar-refractivity contribution in [3.05, 3.63) is 53.1 Å². The number of phenolic OH excluding ortho intramolecular Hbond substituents is 1. The first-order valence-corrected chi connectivity index (χ1v) is 5.24. The predicted molar refractivity (Wildman–Crippen MR) is 64.3 cm³/mol. The smallest absolute Gasteiger partial charge is 0.146 e. The second-order valence-corrected chi connectivity index (χ2v) is 3.73. The lowest BCUT2D eigenvalue weighted by Gasteiger charge is -2.07. The van der Waals surface area contributed by atoms with Gasteiger partial charge >= 0.3 is 0 Å². The van der Waals surface area contributed by atoms with E-state index in [-0.39, 0.29) is 11.3 Å². The number of hydrogen-bond donors (Lipinski definition) is 1. The van der Waals surface area contributed by atoms with E-state index >= 15 is 0 Å². The molecule has 0 atom stereocenters. The molecule has 3 nitrogen and oxygen atoms in total. The van der Waals surface area contributed by atoms with Gasteiger partial charge in [0.25, 0.3) is 0 Å². The fourth-order valence-corrected chi connectivity index (χ4v) is 1.50. The third-order valence-electron chi connectivity index (χ3n) is 2.15.